The Hall–Kier alpha value is -4.33. The third-order valence-corrected chi connectivity index (χ3v) is 6.76. The molecule has 4 rings (SSSR count). The van der Waals surface area contributed by atoms with Gasteiger partial charge in [0.25, 0.3) is 0 Å². The molecule has 0 spiro atoms. The highest BCUT2D eigenvalue weighted by molar-refractivity contribution is 5.93. The zero-order valence-electron chi connectivity index (χ0n) is 22.9. The molecular weight excluding hydrogens is 492 g/mol. The fourth-order valence-corrected chi connectivity index (χ4v) is 4.58. The third-order valence-electron chi connectivity index (χ3n) is 6.76. The topological polar surface area (TPSA) is 85.7 Å². The summed E-state index contributed by atoms with van der Waals surface area (Å²) in [7, 11) is 4.97. The number of likely N-dealkylation sites (N-methyl/N-ethyl adjacent to an activating group) is 1. The summed E-state index contributed by atoms with van der Waals surface area (Å²) >= 11 is 0. The lowest BCUT2D eigenvalue weighted by atomic mass is 10.1. The summed E-state index contributed by atoms with van der Waals surface area (Å²) in [5.74, 6) is 2.14. The molecule has 0 fully saturated rings. The van der Waals surface area contributed by atoms with Gasteiger partial charge in [0.1, 0.15) is 12.4 Å². The van der Waals surface area contributed by atoms with Gasteiger partial charge in [-0.05, 0) is 54.8 Å². The first-order valence-electron chi connectivity index (χ1n) is 13.2. The average Bonchev–Trinajstić information content (AvgIpc) is 3.31. The van der Waals surface area contributed by atoms with E-state index in [0.29, 0.717) is 18.0 Å². The molecular formula is C31H36N4O4. The Morgan fingerprint density at radius 1 is 0.897 bits per heavy atom. The van der Waals surface area contributed by atoms with Crippen molar-refractivity contribution in [3.05, 3.63) is 84.2 Å². The molecule has 39 heavy (non-hydrogen) atoms. The number of aryl methyl sites for hydroxylation is 1. The molecule has 0 aliphatic carbocycles. The van der Waals surface area contributed by atoms with Crippen molar-refractivity contribution in [3.8, 4) is 11.5 Å². The van der Waals surface area contributed by atoms with Gasteiger partial charge in [-0.25, -0.2) is 4.98 Å². The molecule has 4 aromatic rings. The molecule has 0 aliphatic heterocycles. The number of unbranched alkanes of at least 4 members (excludes halogenated alkanes) is 2. The number of imidazole rings is 1. The van der Waals surface area contributed by atoms with Gasteiger partial charge in [-0.1, -0.05) is 42.8 Å². The standard InChI is InChI=1S/C31H36N4O4/c1-34(24-12-6-4-7-13-24)31(37)22-35-26-15-10-9-14-25(26)33-29(35)16-8-5-11-19-32-30(36)21-23-17-18-27(38-2)28(20-23)39-3/h4,6-7,9-10,12-15,17-18,20H,5,8,11,16,19,21-22H2,1-3H3,(H,32,36). The van der Waals surface area contributed by atoms with Crippen molar-refractivity contribution in [1.82, 2.24) is 14.9 Å². The molecule has 2 amide bonds. The minimum atomic E-state index is -0.0231. The summed E-state index contributed by atoms with van der Waals surface area (Å²) in [6, 6.07) is 23.1. The van der Waals surface area contributed by atoms with Crippen LogP contribution >= 0.6 is 0 Å². The number of amides is 2. The van der Waals surface area contributed by atoms with Gasteiger partial charge >= 0.3 is 0 Å². The van der Waals surface area contributed by atoms with E-state index in [9.17, 15) is 9.59 Å². The smallest absolute Gasteiger partial charge is 0.246 e. The number of anilines is 1. The fraction of sp³-hybridized carbons (Fsp3) is 0.323. The Labute approximate surface area is 229 Å². The highest BCUT2D eigenvalue weighted by atomic mass is 16.5. The molecule has 1 heterocycles. The molecule has 0 saturated carbocycles. The van der Waals surface area contributed by atoms with E-state index < -0.39 is 0 Å². The van der Waals surface area contributed by atoms with Gasteiger partial charge in [0.15, 0.2) is 11.5 Å². The second-order valence-electron chi connectivity index (χ2n) is 9.42. The Bertz CT molecular complexity index is 1400. The second-order valence-corrected chi connectivity index (χ2v) is 9.42. The highest BCUT2D eigenvalue weighted by Gasteiger charge is 2.17. The quantitative estimate of drug-likeness (QED) is 0.252. The normalized spacial score (nSPS) is 10.8. The first kappa shape index (κ1) is 27.7. The molecule has 1 N–H and O–H groups in total. The van der Waals surface area contributed by atoms with E-state index in [0.717, 1.165) is 53.8 Å². The molecule has 1 aromatic heterocycles. The molecule has 0 bridgehead atoms. The van der Waals surface area contributed by atoms with Crippen LogP contribution in [0.25, 0.3) is 11.0 Å². The Morgan fingerprint density at radius 3 is 2.41 bits per heavy atom. The number of ether oxygens (including phenoxy) is 2. The Kier molecular flexibility index (Phi) is 9.56. The van der Waals surface area contributed by atoms with Crippen LogP contribution in [0.15, 0.2) is 72.8 Å². The van der Waals surface area contributed by atoms with E-state index in [1.165, 1.54) is 0 Å². The van der Waals surface area contributed by atoms with Gasteiger partial charge in [0, 0.05) is 25.7 Å². The van der Waals surface area contributed by atoms with Crippen molar-refractivity contribution in [1.29, 1.82) is 0 Å². The Morgan fingerprint density at radius 2 is 1.64 bits per heavy atom. The van der Waals surface area contributed by atoms with Gasteiger partial charge < -0.3 is 24.3 Å². The summed E-state index contributed by atoms with van der Waals surface area (Å²) in [6.45, 7) is 0.844. The number of para-hydroxylation sites is 3. The van der Waals surface area contributed by atoms with Crippen molar-refractivity contribution in [3.63, 3.8) is 0 Å². The number of fused-ring (bicyclic) bond motifs is 1. The second kappa shape index (κ2) is 13.5. The summed E-state index contributed by atoms with van der Waals surface area (Å²) < 4.78 is 12.6. The Balaban J connectivity index is 1.27. The van der Waals surface area contributed by atoms with E-state index in [-0.39, 0.29) is 24.8 Å². The molecule has 3 aromatic carbocycles. The number of rotatable bonds is 13. The monoisotopic (exact) mass is 528 g/mol. The van der Waals surface area contributed by atoms with Gasteiger partial charge in [-0.3, -0.25) is 9.59 Å². The number of carbonyl (C=O) groups is 2. The lowest BCUT2D eigenvalue weighted by Crippen LogP contribution is -2.30. The fourth-order valence-electron chi connectivity index (χ4n) is 4.58. The predicted molar refractivity (Wildman–Crippen MR) is 153 cm³/mol. The first-order chi connectivity index (χ1) is 19.0. The number of methoxy groups -OCH3 is 2. The van der Waals surface area contributed by atoms with Crippen molar-refractivity contribution >= 4 is 28.5 Å². The number of benzene rings is 3. The summed E-state index contributed by atoms with van der Waals surface area (Å²) in [4.78, 5) is 32.0. The molecule has 0 radical (unpaired) electrons. The van der Waals surface area contributed by atoms with Crippen LogP contribution in [-0.4, -0.2) is 49.2 Å². The number of nitrogens with one attached hydrogen (secondary N) is 1. The number of hydrogen-bond donors (Lipinski definition) is 1. The molecule has 8 nitrogen and oxygen atoms in total. The van der Waals surface area contributed by atoms with Crippen LogP contribution < -0.4 is 19.7 Å². The van der Waals surface area contributed by atoms with E-state index in [1.54, 1.807) is 26.2 Å². The SMILES string of the molecule is COc1ccc(CC(=O)NCCCCCc2nc3ccccc3n2CC(=O)N(C)c2ccccc2)cc1OC. The maximum absolute atomic E-state index is 13.1. The maximum Gasteiger partial charge on any atom is 0.246 e. The van der Waals surface area contributed by atoms with Gasteiger partial charge in [-0.2, -0.15) is 0 Å². The van der Waals surface area contributed by atoms with Crippen molar-refractivity contribution in [2.45, 2.75) is 38.6 Å². The van der Waals surface area contributed by atoms with E-state index in [4.69, 9.17) is 14.5 Å². The highest BCUT2D eigenvalue weighted by Crippen LogP contribution is 2.27. The van der Waals surface area contributed by atoms with Crippen LogP contribution in [0.4, 0.5) is 5.69 Å². The molecule has 0 aliphatic rings. The zero-order chi connectivity index (χ0) is 27.6. The summed E-state index contributed by atoms with van der Waals surface area (Å²) in [5.41, 5.74) is 3.59. The zero-order valence-corrected chi connectivity index (χ0v) is 22.9. The van der Waals surface area contributed by atoms with E-state index in [1.807, 2.05) is 77.4 Å². The summed E-state index contributed by atoms with van der Waals surface area (Å²) in [6.07, 6.45) is 3.77. The number of aromatic nitrogens is 2. The van der Waals surface area contributed by atoms with Gasteiger partial charge in [-0.15, -0.1) is 0 Å². The molecule has 8 heteroatoms. The number of nitrogens with zero attached hydrogens (tertiary/aromatic N) is 3. The average molecular weight is 529 g/mol. The van der Waals surface area contributed by atoms with Crippen molar-refractivity contribution < 1.29 is 19.1 Å². The number of hydrogen-bond acceptors (Lipinski definition) is 5. The van der Waals surface area contributed by atoms with Crippen LogP contribution in [0.2, 0.25) is 0 Å². The first-order valence-corrected chi connectivity index (χ1v) is 13.2. The molecule has 0 atom stereocenters. The lowest BCUT2D eigenvalue weighted by molar-refractivity contribution is -0.120. The summed E-state index contributed by atoms with van der Waals surface area (Å²) in [5, 5.41) is 3.00. The molecule has 0 unspecified atom stereocenters. The van der Waals surface area contributed by atoms with Crippen molar-refractivity contribution in [2.75, 3.05) is 32.7 Å². The van der Waals surface area contributed by atoms with Crippen LogP contribution in [0.1, 0.15) is 30.7 Å². The predicted octanol–water partition coefficient (Wildman–Crippen LogP) is 4.79. The molecule has 0 saturated heterocycles. The number of carbonyl (C=O) groups excluding carboxylic acids is 2. The van der Waals surface area contributed by atoms with E-state index in [2.05, 4.69) is 5.32 Å². The maximum atomic E-state index is 13.1. The largest absolute Gasteiger partial charge is 0.493 e. The van der Waals surface area contributed by atoms with Crippen LogP contribution in [0.3, 0.4) is 0 Å². The van der Waals surface area contributed by atoms with Crippen LogP contribution in [0, 0.1) is 0 Å². The van der Waals surface area contributed by atoms with E-state index >= 15 is 0 Å². The van der Waals surface area contributed by atoms with Crippen LogP contribution in [0.5, 0.6) is 11.5 Å². The van der Waals surface area contributed by atoms with Gasteiger partial charge in [0.2, 0.25) is 11.8 Å². The lowest BCUT2D eigenvalue weighted by Gasteiger charge is -2.18. The van der Waals surface area contributed by atoms with Gasteiger partial charge in [0.05, 0.1) is 31.7 Å². The van der Waals surface area contributed by atoms with Crippen molar-refractivity contribution in [2.24, 2.45) is 0 Å². The van der Waals surface area contributed by atoms with Crippen LogP contribution in [-0.2, 0) is 29.0 Å². The molecule has 204 valence electrons. The minimum absolute atomic E-state index is 0.00259. The minimum Gasteiger partial charge on any atom is -0.493 e. The third kappa shape index (κ3) is 7.16.